The first-order valence-corrected chi connectivity index (χ1v) is 13.2. The Morgan fingerprint density at radius 2 is 1.57 bits per heavy atom. The van der Waals surface area contributed by atoms with Crippen LogP contribution in [0.4, 0.5) is 5.69 Å². The topological polar surface area (TPSA) is 84.9 Å². The molecule has 0 aliphatic carbocycles. The standard InChI is InChI=1S/C27H30N2O5S/c1-2-34-26-14-13-23(35(31,32)29-15-17-33-18-16-29)19-25(26)28-27(30)20-24(21-9-5-3-6-10-21)22-11-7-4-8-12-22/h3-14,19,24H,2,15-18,20H2,1H3,(H,28,30). The fourth-order valence-electron chi connectivity index (χ4n) is 4.17. The third-order valence-corrected chi connectivity index (χ3v) is 7.82. The van der Waals surface area contributed by atoms with Gasteiger partial charge in [-0.05, 0) is 36.2 Å². The molecule has 0 aromatic heterocycles. The van der Waals surface area contributed by atoms with Crippen molar-refractivity contribution in [3.63, 3.8) is 0 Å². The zero-order valence-corrected chi connectivity index (χ0v) is 20.5. The number of anilines is 1. The van der Waals surface area contributed by atoms with Gasteiger partial charge in [-0.25, -0.2) is 8.42 Å². The van der Waals surface area contributed by atoms with Crippen LogP contribution < -0.4 is 10.1 Å². The molecule has 0 unspecified atom stereocenters. The fourth-order valence-corrected chi connectivity index (χ4v) is 5.60. The summed E-state index contributed by atoms with van der Waals surface area (Å²) in [5.74, 6) is 0.0514. The summed E-state index contributed by atoms with van der Waals surface area (Å²) in [5, 5.41) is 2.91. The van der Waals surface area contributed by atoms with Crippen molar-refractivity contribution < 1.29 is 22.7 Å². The Hall–Kier alpha value is -3.20. The van der Waals surface area contributed by atoms with E-state index in [2.05, 4.69) is 5.32 Å². The molecule has 184 valence electrons. The summed E-state index contributed by atoms with van der Waals surface area (Å²) in [6.07, 6.45) is 0.194. The zero-order chi connectivity index (χ0) is 24.7. The molecule has 1 aliphatic rings. The number of ether oxygens (including phenoxy) is 2. The van der Waals surface area contributed by atoms with E-state index in [-0.39, 0.29) is 23.1 Å². The molecule has 1 saturated heterocycles. The number of nitrogens with zero attached hydrogens (tertiary/aromatic N) is 1. The molecule has 1 fully saturated rings. The number of nitrogens with one attached hydrogen (secondary N) is 1. The van der Waals surface area contributed by atoms with Gasteiger partial charge < -0.3 is 14.8 Å². The minimum absolute atomic E-state index is 0.112. The third-order valence-electron chi connectivity index (χ3n) is 5.93. The van der Waals surface area contributed by atoms with Crippen molar-refractivity contribution in [3.8, 4) is 5.75 Å². The normalized spacial score (nSPS) is 14.6. The van der Waals surface area contributed by atoms with Crippen molar-refractivity contribution in [3.05, 3.63) is 90.0 Å². The van der Waals surface area contributed by atoms with Crippen molar-refractivity contribution in [2.24, 2.45) is 0 Å². The van der Waals surface area contributed by atoms with Gasteiger partial charge in [-0.1, -0.05) is 60.7 Å². The molecule has 4 rings (SSSR count). The van der Waals surface area contributed by atoms with Crippen LogP contribution in [-0.2, 0) is 19.6 Å². The first kappa shape index (κ1) is 24.9. The predicted molar refractivity (Wildman–Crippen MR) is 135 cm³/mol. The van der Waals surface area contributed by atoms with E-state index in [0.717, 1.165) is 11.1 Å². The number of rotatable bonds is 9. The number of hydrogen-bond acceptors (Lipinski definition) is 5. The van der Waals surface area contributed by atoms with Crippen molar-refractivity contribution >= 4 is 21.6 Å². The molecule has 1 N–H and O–H groups in total. The maximum Gasteiger partial charge on any atom is 0.243 e. The van der Waals surface area contributed by atoms with Crippen LogP contribution in [0.1, 0.15) is 30.4 Å². The Bertz CT molecular complexity index is 1190. The molecule has 0 bridgehead atoms. The average Bonchev–Trinajstić information content (AvgIpc) is 2.90. The first-order chi connectivity index (χ1) is 17.0. The van der Waals surface area contributed by atoms with E-state index < -0.39 is 10.0 Å². The lowest BCUT2D eigenvalue weighted by Crippen LogP contribution is -2.40. The lowest BCUT2D eigenvalue weighted by atomic mass is 9.88. The quantitative estimate of drug-likeness (QED) is 0.480. The van der Waals surface area contributed by atoms with Gasteiger partial charge in [-0.15, -0.1) is 0 Å². The van der Waals surface area contributed by atoms with Crippen molar-refractivity contribution in [1.29, 1.82) is 0 Å². The fraction of sp³-hybridized carbons (Fsp3) is 0.296. The summed E-state index contributed by atoms with van der Waals surface area (Å²) in [7, 11) is -3.71. The molecule has 35 heavy (non-hydrogen) atoms. The molecule has 1 aliphatic heterocycles. The number of amides is 1. The average molecular weight is 495 g/mol. The summed E-state index contributed by atoms with van der Waals surface area (Å²) in [6.45, 7) is 3.54. The highest BCUT2D eigenvalue weighted by Crippen LogP contribution is 2.32. The Kier molecular flexibility index (Phi) is 8.17. The van der Waals surface area contributed by atoms with Gasteiger partial charge in [0.1, 0.15) is 5.75 Å². The van der Waals surface area contributed by atoms with E-state index in [9.17, 15) is 13.2 Å². The van der Waals surface area contributed by atoms with Gasteiger partial charge in [0.15, 0.2) is 0 Å². The van der Waals surface area contributed by atoms with Crippen LogP contribution >= 0.6 is 0 Å². The monoisotopic (exact) mass is 494 g/mol. The maximum atomic E-state index is 13.2. The van der Waals surface area contributed by atoms with Crippen molar-refractivity contribution in [1.82, 2.24) is 4.31 Å². The largest absolute Gasteiger partial charge is 0.492 e. The second-order valence-corrected chi connectivity index (χ2v) is 10.2. The van der Waals surface area contributed by atoms with Crippen LogP contribution in [0.5, 0.6) is 5.75 Å². The van der Waals surface area contributed by atoms with Gasteiger partial charge in [-0.3, -0.25) is 4.79 Å². The van der Waals surface area contributed by atoms with E-state index in [4.69, 9.17) is 9.47 Å². The smallest absolute Gasteiger partial charge is 0.243 e. The Labute approximate surface area is 206 Å². The number of sulfonamides is 1. The van der Waals surface area contributed by atoms with Gasteiger partial charge in [0.2, 0.25) is 15.9 Å². The zero-order valence-electron chi connectivity index (χ0n) is 19.7. The van der Waals surface area contributed by atoms with Crippen LogP contribution in [0, 0.1) is 0 Å². The Morgan fingerprint density at radius 3 is 2.14 bits per heavy atom. The Morgan fingerprint density at radius 1 is 0.971 bits per heavy atom. The number of carbonyl (C=O) groups is 1. The van der Waals surface area contributed by atoms with E-state index in [0.29, 0.717) is 44.3 Å². The summed E-state index contributed by atoms with van der Waals surface area (Å²) in [5.41, 5.74) is 2.40. The molecule has 0 saturated carbocycles. The minimum atomic E-state index is -3.71. The molecule has 7 nitrogen and oxygen atoms in total. The molecule has 0 spiro atoms. The highest BCUT2D eigenvalue weighted by atomic mass is 32.2. The maximum absolute atomic E-state index is 13.2. The SMILES string of the molecule is CCOc1ccc(S(=O)(=O)N2CCOCC2)cc1NC(=O)CC(c1ccccc1)c1ccccc1. The van der Waals surface area contributed by atoms with E-state index in [1.807, 2.05) is 67.6 Å². The molecule has 1 heterocycles. The van der Waals surface area contributed by atoms with Crippen LogP contribution in [0.25, 0.3) is 0 Å². The molecule has 3 aromatic rings. The summed E-state index contributed by atoms with van der Waals surface area (Å²) in [4.78, 5) is 13.4. The summed E-state index contributed by atoms with van der Waals surface area (Å²) >= 11 is 0. The van der Waals surface area contributed by atoms with Crippen LogP contribution in [0.3, 0.4) is 0 Å². The van der Waals surface area contributed by atoms with Gasteiger partial charge in [0, 0.05) is 25.4 Å². The number of carbonyl (C=O) groups excluding carboxylic acids is 1. The number of hydrogen-bond donors (Lipinski definition) is 1. The second-order valence-electron chi connectivity index (χ2n) is 8.23. The van der Waals surface area contributed by atoms with Crippen molar-refractivity contribution in [2.75, 3.05) is 38.2 Å². The highest BCUT2D eigenvalue weighted by molar-refractivity contribution is 7.89. The van der Waals surface area contributed by atoms with E-state index in [1.165, 1.54) is 16.4 Å². The van der Waals surface area contributed by atoms with Gasteiger partial charge >= 0.3 is 0 Å². The van der Waals surface area contributed by atoms with Crippen LogP contribution in [-0.4, -0.2) is 51.5 Å². The molecule has 1 amide bonds. The lowest BCUT2D eigenvalue weighted by Gasteiger charge is -2.26. The summed E-state index contributed by atoms with van der Waals surface area (Å²) < 4.78 is 38.7. The van der Waals surface area contributed by atoms with Crippen LogP contribution in [0.15, 0.2) is 83.8 Å². The second kappa shape index (κ2) is 11.5. The number of morpholine rings is 1. The molecule has 8 heteroatoms. The number of benzene rings is 3. The van der Waals surface area contributed by atoms with Gasteiger partial charge in [-0.2, -0.15) is 4.31 Å². The van der Waals surface area contributed by atoms with Crippen molar-refractivity contribution in [2.45, 2.75) is 24.2 Å². The highest BCUT2D eigenvalue weighted by Gasteiger charge is 2.27. The first-order valence-electron chi connectivity index (χ1n) is 11.7. The molecule has 3 aromatic carbocycles. The van der Waals surface area contributed by atoms with E-state index in [1.54, 1.807) is 6.07 Å². The van der Waals surface area contributed by atoms with Gasteiger partial charge in [0.05, 0.1) is 30.4 Å². The third kappa shape index (κ3) is 6.08. The predicted octanol–water partition coefficient (Wildman–Crippen LogP) is 4.27. The van der Waals surface area contributed by atoms with E-state index >= 15 is 0 Å². The summed E-state index contributed by atoms with van der Waals surface area (Å²) in [6, 6.07) is 24.3. The minimum Gasteiger partial charge on any atom is -0.492 e. The molecule has 0 radical (unpaired) electrons. The van der Waals surface area contributed by atoms with Crippen LogP contribution in [0.2, 0.25) is 0 Å². The van der Waals surface area contributed by atoms with Gasteiger partial charge in [0.25, 0.3) is 0 Å². The molecular formula is C27H30N2O5S. The molecule has 0 atom stereocenters. The lowest BCUT2D eigenvalue weighted by molar-refractivity contribution is -0.116. The molecular weight excluding hydrogens is 464 g/mol. The Balaban J connectivity index is 1.60.